The van der Waals surface area contributed by atoms with Crippen molar-refractivity contribution in [2.24, 2.45) is 5.92 Å². The molecule has 2 aromatic rings. The first-order chi connectivity index (χ1) is 12.8. The minimum atomic E-state index is -0.0652. The molecule has 1 aliphatic heterocycles. The van der Waals surface area contributed by atoms with Crippen LogP contribution >= 0.6 is 0 Å². The number of amides is 1. The van der Waals surface area contributed by atoms with Crippen LogP contribution in [0.4, 0.5) is 5.69 Å². The van der Waals surface area contributed by atoms with Crippen LogP contribution in [0.5, 0.6) is 0 Å². The van der Waals surface area contributed by atoms with E-state index in [1.54, 1.807) is 0 Å². The maximum Gasteiger partial charge on any atom is 0.272 e. The summed E-state index contributed by atoms with van der Waals surface area (Å²) in [6, 6.07) is 6.46. The van der Waals surface area contributed by atoms with Gasteiger partial charge in [-0.15, -0.1) is 0 Å². The molecule has 1 aromatic heterocycles. The van der Waals surface area contributed by atoms with E-state index in [1.165, 1.54) is 37.8 Å². The molecule has 0 bridgehead atoms. The summed E-state index contributed by atoms with van der Waals surface area (Å²) in [7, 11) is 0. The summed E-state index contributed by atoms with van der Waals surface area (Å²) < 4.78 is 0. The van der Waals surface area contributed by atoms with Gasteiger partial charge in [-0.3, -0.25) is 9.89 Å². The van der Waals surface area contributed by atoms with Gasteiger partial charge in [0.15, 0.2) is 5.69 Å². The van der Waals surface area contributed by atoms with E-state index >= 15 is 0 Å². The number of likely N-dealkylation sites (N-methyl/N-ethyl adjacent to an activating group) is 1. The van der Waals surface area contributed by atoms with Gasteiger partial charge in [-0.1, -0.05) is 13.3 Å². The molecule has 4 rings (SSSR count). The Morgan fingerprint density at radius 3 is 2.81 bits per heavy atom. The van der Waals surface area contributed by atoms with Crippen LogP contribution < -0.4 is 15.5 Å². The number of benzene rings is 1. The predicted molar refractivity (Wildman–Crippen MR) is 105 cm³/mol. The van der Waals surface area contributed by atoms with Crippen LogP contribution in [0.25, 0.3) is 10.9 Å². The third kappa shape index (κ3) is 3.43. The number of carbonyl (C=O) groups excluding carboxylic acids is 1. The lowest BCUT2D eigenvalue weighted by molar-refractivity contribution is 0.0897. The van der Waals surface area contributed by atoms with Gasteiger partial charge in [0.05, 0.1) is 5.52 Å². The topological polar surface area (TPSA) is 73.0 Å². The second-order valence-corrected chi connectivity index (χ2v) is 7.57. The molecule has 6 nitrogen and oxygen atoms in total. The Labute approximate surface area is 154 Å². The molecule has 0 unspecified atom stereocenters. The van der Waals surface area contributed by atoms with Gasteiger partial charge in [-0.05, 0) is 56.3 Å². The second-order valence-electron chi connectivity index (χ2n) is 7.57. The molecule has 0 radical (unpaired) electrons. The van der Waals surface area contributed by atoms with E-state index in [9.17, 15) is 4.79 Å². The Balaban J connectivity index is 1.54. The highest BCUT2D eigenvalue weighted by atomic mass is 16.2. The quantitative estimate of drug-likeness (QED) is 0.714. The SMILES string of the molecule is CCNC[C@@H](NC(=O)c1n[nH]c2ccc(N3CCCC3)cc12)C1CCC1. The predicted octanol–water partition coefficient (Wildman–Crippen LogP) is 2.67. The molecule has 6 heteroatoms. The molecule has 140 valence electrons. The van der Waals surface area contributed by atoms with Gasteiger partial charge in [0.1, 0.15) is 0 Å². The maximum atomic E-state index is 12.9. The molecule has 2 heterocycles. The number of anilines is 1. The maximum absolute atomic E-state index is 12.9. The van der Waals surface area contributed by atoms with Crippen molar-refractivity contribution in [3.63, 3.8) is 0 Å². The van der Waals surface area contributed by atoms with Gasteiger partial charge in [0, 0.05) is 36.7 Å². The van der Waals surface area contributed by atoms with Crippen LogP contribution in [0.1, 0.15) is 49.5 Å². The Bertz CT molecular complexity index is 761. The van der Waals surface area contributed by atoms with Crippen molar-refractivity contribution in [1.29, 1.82) is 0 Å². The molecule has 3 N–H and O–H groups in total. The summed E-state index contributed by atoms with van der Waals surface area (Å²) in [5, 5.41) is 14.9. The zero-order valence-electron chi connectivity index (χ0n) is 15.6. The number of nitrogens with zero attached hydrogens (tertiary/aromatic N) is 2. The van der Waals surface area contributed by atoms with Crippen molar-refractivity contribution in [3.05, 3.63) is 23.9 Å². The van der Waals surface area contributed by atoms with E-state index in [0.29, 0.717) is 11.6 Å². The summed E-state index contributed by atoms with van der Waals surface area (Å²) in [6.45, 7) is 6.04. The van der Waals surface area contributed by atoms with Gasteiger partial charge in [0.2, 0.25) is 0 Å². The van der Waals surface area contributed by atoms with E-state index in [2.05, 4.69) is 44.8 Å². The number of hydrogen-bond acceptors (Lipinski definition) is 4. The molecular weight excluding hydrogens is 326 g/mol. The summed E-state index contributed by atoms with van der Waals surface area (Å²) in [5.74, 6) is 0.521. The van der Waals surface area contributed by atoms with Gasteiger partial charge < -0.3 is 15.5 Å². The van der Waals surface area contributed by atoms with Crippen LogP contribution in [0.15, 0.2) is 18.2 Å². The standard InChI is InChI=1S/C20H29N5O/c1-2-21-13-18(14-6-5-7-14)22-20(26)19-16-12-15(25-10-3-4-11-25)8-9-17(16)23-24-19/h8-9,12,14,18,21H,2-7,10-11,13H2,1H3,(H,22,26)(H,23,24)/t18-/m1/s1. The highest BCUT2D eigenvalue weighted by Crippen LogP contribution is 2.30. The third-order valence-corrected chi connectivity index (χ3v) is 5.88. The Hall–Kier alpha value is -2.08. The molecule has 1 saturated carbocycles. The smallest absolute Gasteiger partial charge is 0.272 e. The number of aromatic amines is 1. The largest absolute Gasteiger partial charge is 0.372 e. The van der Waals surface area contributed by atoms with Crippen LogP contribution in [0.2, 0.25) is 0 Å². The first-order valence-electron chi connectivity index (χ1n) is 10.0. The monoisotopic (exact) mass is 355 g/mol. The van der Waals surface area contributed by atoms with Crippen molar-refractivity contribution in [3.8, 4) is 0 Å². The van der Waals surface area contributed by atoms with Crippen LogP contribution in [-0.4, -0.2) is 48.3 Å². The molecule has 26 heavy (non-hydrogen) atoms. The molecule has 2 aliphatic rings. The van der Waals surface area contributed by atoms with E-state index in [4.69, 9.17) is 0 Å². The average molecular weight is 355 g/mol. The fourth-order valence-corrected chi connectivity index (χ4v) is 4.06. The van der Waals surface area contributed by atoms with Crippen LogP contribution in [-0.2, 0) is 0 Å². The van der Waals surface area contributed by atoms with Crippen LogP contribution in [0, 0.1) is 5.92 Å². The zero-order chi connectivity index (χ0) is 17.9. The molecule has 1 aliphatic carbocycles. The third-order valence-electron chi connectivity index (χ3n) is 5.88. The number of hydrogen-bond donors (Lipinski definition) is 3. The van der Waals surface area contributed by atoms with Crippen molar-refractivity contribution in [2.75, 3.05) is 31.1 Å². The fourth-order valence-electron chi connectivity index (χ4n) is 4.06. The number of rotatable bonds is 7. The van der Waals surface area contributed by atoms with Gasteiger partial charge in [-0.2, -0.15) is 5.10 Å². The van der Waals surface area contributed by atoms with E-state index in [-0.39, 0.29) is 11.9 Å². The minimum Gasteiger partial charge on any atom is -0.372 e. The number of carbonyl (C=O) groups is 1. The van der Waals surface area contributed by atoms with E-state index < -0.39 is 0 Å². The first-order valence-corrected chi connectivity index (χ1v) is 10.0. The van der Waals surface area contributed by atoms with Gasteiger partial charge in [-0.25, -0.2) is 0 Å². The lowest BCUT2D eigenvalue weighted by atomic mass is 9.79. The van der Waals surface area contributed by atoms with Crippen molar-refractivity contribution >= 4 is 22.5 Å². The summed E-state index contributed by atoms with van der Waals surface area (Å²) in [6.07, 6.45) is 6.16. The van der Waals surface area contributed by atoms with E-state index in [0.717, 1.165) is 37.1 Å². The van der Waals surface area contributed by atoms with Gasteiger partial charge >= 0.3 is 0 Å². The Morgan fingerprint density at radius 2 is 2.12 bits per heavy atom. The highest BCUT2D eigenvalue weighted by Gasteiger charge is 2.29. The molecule has 1 saturated heterocycles. The number of H-pyrrole nitrogens is 1. The minimum absolute atomic E-state index is 0.0652. The van der Waals surface area contributed by atoms with Crippen molar-refractivity contribution < 1.29 is 4.79 Å². The number of nitrogens with one attached hydrogen (secondary N) is 3. The summed E-state index contributed by atoms with van der Waals surface area (Å²) in [4.78, 5) is 15.3. The fraction of sp³-hybridized carbons (Fsp3) is 0.600. The normalized spacial score (nSPS) is 18.9. The molecule has 1 aromatic carbocycles. The summed E-state index contributed by atoms with van der Waals surface area (Å²) in [5.41, 5.74) is 2.63. The van der Waals surface area contributed by atoms with Crippen molar-refractivity contribution in [1.82, 2.24) is 20.8 Å². The zero-order valence-corrected chi connectivity index (χ0v) is 15.6. The second kappa shape index (κ2) is 7.66. The van der Waals surface area contributed by atoms with Gasteiger partial charge in [0.25, 0.3) is 5.91 Å². The Morgan fingerprint density at radius 1 is 1.31 bits per heavy atom. The highest BCUT2D eigenvalue weighted by molar-refractivity contribution is 6.05. The molecule has 0 spiro atoms. The Kier molecular flexibility index (Phi) is 5.11. The number of fused-ring (bicyclic) bond motifs is 1. The number of aromatic nitrogens is 2. The lowest BCUT2D eigenvalue weighted by Crippen LogP contribution is -2.48. The molecular formula is C20H29N5O. The molecule has 1 atom stereocenters. The average Bonchev–Trinajstić information content (AvgIpc) is 3.26. The lowest BCUT2D eigenvalue weighted by Gasteiger charge is -2.34. The molecule has 2 fully saturated rings. The van der Waals surface area contributed by atoms with Crippen LogP contribution in [0.3, 0.4) is 0 Å². The first kappa shape index (κ1) is 17.3. The molecule has 1 amide bonds. The summed E-state index contributed by atoms with van der Waals surface area (Å²) >= 11 is 0. The van der Waals surface area contributed by atoms with E-state index in [1.807, 2.05) is 6.07 Å². The van der Waals surface area contributed by atoms with Crippen molar-refractivity contribution in [2.45, 2.75) is 45.1 Å².